The summed E-state index contributed by atoms with van der Waals surface area (Å²) in [6, 6.07) is 0. The molecule has 0 saturated carbocycles. The molecule has 0 unspecified atom stereocenters. The van der Waals surface area contributed by atoms with Crippen LogP contribution in [0.5, 0.6) is 0 Å². The average Bonchev–Trinajstić information content (AvgIpc) is 2.48. The number of amides is 1. The Bertz CT molecular complexity index is 486. The quantitative estimate of drug-likeness (QED) is 0.503. The molecule has 0 aromatic rings. The number of piperidine rings is 1. The number of carbonyl (C=O) groups excluding carboxylic acids is 1. The highest BCUT2D eigenvalue weighted by molar-refractivity contribution is 5.75. The van der Waals surface area contributed by atoms with Crippen LogP contribution in [0.15, 0.2) is 48.6 Å². The predicted molar refractivity (Wildman–Crippen MR) is 95.6 cm³/mol. The zero-order valence-electron chi connectivity index (χ0n) is 14.8. The lowest BCUT2D eigenvalue weighted by Crippen LogP contribution is -2.39. The van der Waals surface area contributed by atoms with E-state index in [-0.39, 0.29) is 5.91 Å². The molecule has 0 aromatic carbocycles. The molecule has 0 aromatic heterocycles. The number of allylic oxidation sites excluding steroid dienone is 4. The highest BCUT2D eigenvalue weighted by Gasteiger charge is 2.15. The number of nitrogens with zero attached hydrogens (tertiary/aromatic N) is 2. The van der Waals surface area contributed by atoms with E-state index < -0.39 is 0 Å². The van der Waals surface area contributed by atoms with Crippen LogP contribution in [0.2, 0.25) is 0 Å². The van der Waals surface area contributed by atoms with Gasteiger partial charge in [0, 0.05) is 25.7 Å². The number of hydrogen-bond acceptors (Lipinski definition) is 3. The summed E-state index contributed by atoms with van der Waals surface area (Å²) in [6.07, 6.45) is 9.24. The van der Waals surface area contributed by atoms with Crippen LogP contribution in [0.4, 0.5) is 0 Å². The third-order valence-electron chi connectivity index (χ3n) is 3.88. The van der Waals surface area contributed by atoms with Gasteiger partial charge in [-0.1, -0.05) is 25.7 Å². The standard InChI is InChI=1S/C19H30N2O2/c1-6-10-17(3)23-18(4)15-16(2)21(19(5)22)14-13-20-11-8-7-9-12-20/h6,10,15H,3-4,7-9,11-14H2,1-2,5H3/b10-6-,16-15+. The number of carbonyl (C=O) groups is 1. The van der Waals surface area contributed by atoms with Crippen molar-refractivity contribution in [2.75, 3.05) is 26.2 Å². The lowest BCUT2D eigenvalue weighted by molar-refractivity contribution is -0.127. The fourth-order valence-electron chi connectivity index (χ4n) is 2.74. The molecule has 1 aliphatic rings. The molecule has 4 nitrogen and oxygen atoms in total. The van der Waals surface area contributed by atoms with Crippen LogP contribution in [-0.4, -0.2) is 41.9 Å². The van der Waals surface area contributed by atoms with Gasteiger partial charge in [0.05, 0.1) is 0 Å². The SMILES string of the molecule is C=C(/C=C\C)OC(=C)/C=C(\C)N(CCN1CCCCC1)C(C)=O. The maximum atomic E-state index is 11.9. The third-order valence-corrected chi connectivity index (χ3v) is 3.88. The second kappa shape index (κ2) is 10.1. The van der Waals surface area contributed by atoms with E-state index in [4.69, 9.17) is 4.74 Å². The number of hydrogen-bond donors (Lipinski definition) is 0. The second-order valence-corrected chi connectivity index (χ2v) is 5.89. The topological polar surface area (TPSA) is 32.8 Å². The summed E-state index contributed by atoms with van der Waals surface area (Å²) in [4.78, 5) is 16.1. The fraction of sp³-hybridized carbons (Fsp3) is 0.526. The maximum absolute atomic E-state index is 11.9. The molecule has 1 aliphatic heterocycles. The maximum Gasteiger partial charge on any atom is 0.223 e. The van der Waals surface area contributed by atoms with Gasteiger partial charge in [-0.3, -0.25) is 4.79 Å². The molecular formula is C19H30N2O2. The normalized spacial score (nSPS) is 16.4. The lowest BCUT2D eigenvalue weighted by atomic mass is 10.1. The summed E-state index contributed by atoms with van der Waals surface area (Å²) < 4.78 is 5.49. The molecule has 0 bridgehead atoms. The van der Waals surface area contributed by atoms with Crippen molar-refractivity contribution < 1.29 is 9.53 Å². The largest absolute Gasteiger partial charge is 0.459 e. The highest BCUT2D eigenvalue weighted by atomic mass is 16.5. The van der Waals surface area contributed by atoms with E-state index in [1.54, 1.807) is 24.0 Å². The molecule has 23 heavy (non-hydrogen) atoms. The molecule has 4 heteroatoms. The predicted octanol–water partition coefficient (Wildman–Crippen LogP) is 3.84. The molecule has 0 radical (unpaired) electrons. The molecule has 0 atom stereocenters. The summed E-state index contributed by atoms with van der Waals surface area (Å²) in [5, 5.41) is 0. The van der Waals surface area contributed by atoms with Crippen LogP contribution >= 0.6 is 0 Å². The summed E-state index contributed by atoms with van der Waals surface area (Å²) in [7, 11) is 0. The lowest BCUT2D eigenvalue weighted by Gasteiger charge is -2.30. The first-order chi connectivity index (χ1) is 10.9. The molecule has 1 rings (SSSR count). The van der Waals surface area contributed by atoms with E-state index in [1.807, 2.05) is 19.9 Å². The third kappa shape index (κ3) is 7.33. The van der Waals surface area contributed by atoms with Gasteiger partial charge in [0.15, 0.2) is 0 Å². The highest BCUT2D eigenvalue weighted by Crippen LogP contribution is 2.13. The molecule has 1 heterocycles. The van der Waals surface area contributed by atoms with Gasteiger partial charge in [0.25, 0.3) is 0 Å². The number of rotatable bonds is 8. The Labute approximate surface area is 140 Å². The molecule has 1 fully saturated rings. The zero-order chi connectivity index (χ0) is 17.2. The van der Waals surface area contributed by atoms with E-state index in [9.17, 15) is 4.79 Å². The monoisotopic (exact) mass is 318 g/mol. The van der Waals surface area contributed by atoms with Crippen molar-refractivity contribution in [3.05, 3.63) is 48.6 Å². The Morgan fingerprint density at radius 2 is 1.83 bits per heavy atom. The van der Waals surface area contributed by atoms with Crippen molar-refractivity contribution in [3.63, 3.8) is 0 Å². The van der Waals surface area contributed by atoms with Crippen LogP contribution in [0, 0.1) is 0 Å². The van der Waals surface area contributed by atoms with Gasteiger partial charge in [-0.25, -0.2) is 0 Å². The van der Waals surface area contributed by atoms with Gasteiger partial charge in [0.2, 0.25) is 5.91 Å². The zero-order valence-corrected chi connectivity index (χ0v) is 14.8. The van der Waals surface area contributed by atoms with Crippen molar-refractivity contribution in [2.24, 2.45) is 0 Å². The average molecular weight is 318 g/mol. The van der Waals surface area contributed by atoms with Crippen LogP contribution in [0.1, 0.15) is 40.0 Å². The Morgan fingerprint density at radius 1 is 1.17 bits per heavy atom. The van der Waals surface area contributed by atoms with Crippen LogP contribution in [-0.2, 0) is 9.53 Å². The number of likely N-dealkylation sites (tertiary alicyclic amines) is 1. The first-order valence-corrected chi connectivity index (χ1v) is 8.31. The van der Waals surface area contributed by atoms with Gasteiger partial charge in [-0.2, -0.15) is 0 Å². The van der Waals surface area contributed by atoms with Gasteiger partial charge < -0.3 is 14.5 Å². The molecule has 0 spiro atoms. The Hall–Kier alpha value is -1.81. The molecular weight excluding hydrogens is 288 g/mol. The molecule has 128 valence electrons. The summed E-state index contributed by atoms with van der Waals surface area (Å²) in [6.45, 7) is 16.9. The van der Waals surface area contributed by atoms with Gasteiger partial charge >= 0.3 is 0 Å². The molecule has 0 aliphatic carbocycles. The summed E-state index contributed by atoms with van der Waals surface area (Å²) >= 11 is 0. The smallest absolute Gasteiger partial charge is 0.223 e. The molecule has 1 amide bonds. The second-order valence-electron chi connectivity index (χ2n) is 5.89. The van der Waals surface area contributed by atoms with E-state index in [1.165, 1.54) is 19.3 Å². The Balaban J connectivity index is 2.60. The summed E-state index contributed by atoms with van der Waals surface area (Å²) in [5.41, 5.74) is 0.841. The van der Waals surface area contributed by atoms with Crippen LogP contribution < -0.4 is 0 Å². The van der Waals surface area contributed by atoms with Crippen molar-refractivity contribution in [3.8, 4) is 0 Å². The van der Waals surface area contributed by atoms with Crippen LogP contribution in [0.25, 0.3) is 0 Å². The first kappa shape index (κ1) is 19.2. The van der Waals surface area contributed by atoms with Gasteiger partial charge in [-0.05, 0) is 51.9 Å². The van der Waals surface area contributed by atoms with E-state index in [0.717, 1.165) is 25.3 Å². The fourth-order valence-corrected chi connectivity index (χ4v) is 2.74. The minimum atomic E-state index is 0.0378. The summed E-state index contributed by atoms with van der Waals surface area (Å²) in [5.74, 6) is 1.05. The minimum absolute atomic E-state index is 0.0378. The van der Waals surface area contributed by atoms with Crippen molar-refractivity contribution >= 4 is 5.91 Å². The molecule has 1 saturated heterocycles. The van der Waals surface area contributed by atoms with Gasteiger partial charge in [0.1, 0.15) is 11.5 Å². The van der Waals surface area contributed by atoms with Crippen molar-refractivity contribution in [1.29, 1.82) is 0 Å². The van der Waals surface area contributed by atoms with E-state index in [2.05, 4.69) is 18.1 Å². The Morgan fingerprint density at radius 3 is 2.39 bits per heavy atom. The molecule has 0 N–H and O–H groups in total. The number of ether oxygens (including phenoxy) is 1. The van der Waals surface area contributed by atoms with Crippen LogP contribution in [0.3, 0.4) is 0 Å². The van der Waals surface area contributed by atoms with E-state index in [0.29, 0.717) is 18.1 Å². The van der Waals surface area contributed by atoms with E-state index >= 15 is 0 Å². The van der Waals surface area contributed by atoms with Crippen molar-refractivity contribution in [1.82, 2.24) is 9.80 Å². The van der Waals surface area contributed by atoms with Crippen molar-refractivity contribution in [2.45, 2.75) is 40.0 Å². The minimum Gasteiger partial charge on any atom is -0.459 e. The Kier molecular flexibility index (Phi) is 8.41. The van der Waals surface area contributed by atoms with Gasteiger partial charge in [-0.15, -0.1) is 0 Å². The first-order valence-electron chi connectivity index (χ1n) is 8.31.